The summed E-state index contributed by atoms with van der Waals surface area (Å²) in [6, 6.07) is 0. The number of hydrogen-bond acceptors (Lipinski definition) is 5. The molecule has 0 radical (unpaired) electrons. The Bertz CT molecular complexity index is 417. The van der Waals surface area contributed by atoms with Crippen LogP contribution in [0.4, 0.5) is 0 Å². The smallest absolute Gasteiger partial charge is 0.365 e. The molecule has 0 spiro atoms. The van der Waals surface area contributed by atoms with Gasteiger partial charge in [0.15, 0.2) is 0 Å². The molecule has 1 saturated heterocycles. The molecule has 0 amide bonds. The van der Waals surface area contributed by atoms with Crippen molar-refractivity contribution < 1.29 is 15.0 Å². The highest BCUT2D eigenvalue weighted by atomic mass is 32.1. The van der Waals surface area contributed by atoms with E-state index in [1.807, 2.05) is 6.92 Å². The first-order valence-corrected chi connectivity index (χ1v) is 6.47. The fraction of sp³-hybridized carbons (Fsp3) is 0.636. The van der Waals surface area contributed by atoms with Crippen molar-refractivity contribution in [2.75, 3.05) is 13.1 Å². The molecule has 1 aromatic heterocycles. The van der Waals surface area contributed by atoms with Crippen molar-refractivity contribution >= 4 is 17.3 Å². The van der Waals surface area contributed by atoms with Crippen molar-refractivity contribution in [3.05, 3.63) is 16.1 Å². The van der Waals surface area contributed by atoms with Gasteiger partial charge in [0.25, 0.3) is 0 Å². The number of aromatic nitrogens is 1. The summed E-state index contributed by atoms with van der Waals surface area (Å²) >= 11 is 1.15. The zero-order valence-electron chi connectivity index (χ0n) is 9.72. The van der Waals surface area contributed by atoms with Crippen molar-refractivity contribution in [1.82, 2.24) is 9.88 Å². The largest absolute Gasteiger partial charge is 0.476 e. The number of nitrogens with zero attached hydrogens (tertiary/aromatic N) is 2. The van der Waals surface area contributed by atoms with Gasteiger partial charge in [-0.05, 0) is 26.3 Å². The second kappa shape index (κ2) is 4.72. The lowest BCUT2D eigenvalue weighted by atomic mass is 9.95. The summed E-state index contributed by atoms with van der Waals surface area (Å²) in [5, 5.41) is 20.6. The highest BCUT2D eigenvalue weighted by Gasteiger charge is 2.28. The fourth-order valence-electron chi connectivity index (χ4n) is 2.17. The average molecular weight is 256 g/mol. The standard InChI is InChI=1S/C11H16N2O3S/c1-11(16)3-2-4-13(7-11)5-8-6-17-9(12-8)10(14)15/h6,16H,2-5,7H2,1H3,(H,14,15). The van der Waals surface area contributed by atoms with Gasteiger partial charge in [-0.15, -0.1) is 11.3 Å². The van der Waals surface area contributed by atoms with E-state index in [1.54, 1.807) is 5.38 Å². The van der Waals surface area contributed by atoms with E-state index in [0.717, 1.165) is 36.4 Å². The summed E-state index contributed by atoms with van der Waals surface area (Å²) < 4.78 is 0. The molecule has 1 atom stereocenters. The molecule has 94 valence electrons. The number of likely N-dealkylation sites (tertiary alicyclic amines) is 1. The van der Waals surface area contributed by atoms with Gasteiger partial charge in [-0.25, -0.2) is 9.78 Å². The third-order valence-corrected chi connectivity index (χ3v) is 3.75. The maximum absolute atomic E-state index is 10.7. The molecule has 2 rings (SSSR count). The predicted molar refractivity (Wildman–Crippen MR) is 64.2 cm³/mol. The van der Waals surface area contributed by atoms with Crippen molar-refractivity contribution in [2.24, 2.45) is 0 Å². The van der Waals surface area contributed by atoms with Gasteiger partial charge in [-0.2, -0.15) is 0 Å². The van der Waals surface area contributed by atoms with Gasteiger partial charge in [-0.3, -0.25) is 4.90 Å². The van der Waals surface area contributed by atoms with Crippen molar-refractivity contribution in [3.63, 3.8) is 0 Å². The molecule has 1 unspecified atom stereocenters. The minimum atomic E-state index is -0.980. The summed E-state index contributed by atoms with van der Waals surface area (Å²) in [6.07, 6.45) is 1.78. The molecule has 1 aliphatic heterocycles. The number of aliphatic hydroxyl groups is 1. The molecule has 5 nitrogen and oxygen atoms in total. The Hall–Kier alpha value is -0.980. The molecule has 0 bridgehead atoms. The van der Waals surface area contributed by atoms with Crippen molar-refractivity contribution in [2.45, 2.75) is 31.9 Å². The Morgan fingerprint density at radius 2 is 2.47 bits per heavy atom. The Labute approximate surface area is 104 Å². The Morgan fingerprint density at radius 1 is 1.71 bits per heavy atom. The van der Waals surface area contributed by atoms with Crippen LogP contribution in [0.2, 0.25) is 0 Å². The van der Waals surface area contributed by atoms with Crippen molar-refractivity contribution in [1.29, 1.82) is 0 Å². The van der Waals surface area contributed by atoms with Gasteiger partial charge >= 0.3 is 5.97 Å². The molecule has 0 aromatic carbocycles. The first kappa shape index (κ1) is 12.5. The van der Waals surface area contributed by atoms with Gasteiger partial charge in [0, 0.05) is 18.5 Å². The zero-order valence-corrected chi connectivity index (χ0v) is 10.5. The first-order valence-electron chi connectivity index (χ1n) is 5.59. The molecular weight excluding hydrogens is 240 g/mol. The second-order valence-corrected chi connectivity index (χ2v) is 5.62. The van der Waals surface area contributed by atoms with E-state index in [9.17, 15) is 9.90 Å². The van der Waals surface area contributed by atoms with E-state index < -0.39 is 11.6 Å². The molecular formula is C11H16N2O3S. The molecule has 2 heterocycles. The van der Waals surface area contributed by atoms with E-state index in [-0.39, 0.29) is 5.01 Å². The maximum Gasteiger partial charge on any atom is 0.365 e. The average Bonchev–Trinajstić information content (AvgIpc) is 2.64. The monoisotopic (exact) mass is 256 g/mol. The van der Waals surface area contributed by atoms with E-state index in [4.69, 9.17) is 5.11 Å². The molecule has 6 heteroatoms. The summed E-state index contributed by atoms with van der Waals surface area (Å²) in [5.41, 5.74) is 0.134. The molecule has 1 aromatic rings. The van der Waals surface area contributed by atoms with Crippen LogP contribution >= 0.6 is 11.3 Å². The maximum atomic E-state index is 10.7. The third-order valence-electron chi connectivity index (χ3n) is 2.87. The van der Waals surface area contributed by atoms with Crippen molar-refractivity contribution in [3.8, 4) is 0 Å². The summed E-state index contributed by atoms with van der Waals surface area (Å²) in [5.74, 6) is -0.980. The summed E-state index contributed by atoms with van der Waals surface area (Å²) in [6.45, 7) is 3.99. The summed E-state index contributed by atoms with van der Waals surface area (Å²) in [7, 11) is 0. The van der Waals surface area contributed by atoms with Crippen LogP contribution in [0.25, 0.3) is 0 Å². The Balaban J connectivity index is 1.98. The SMILES string of the molecule is CC1(O)CCCN(Cc2csc(C(=O)O)n2)C1. The van der Waals surface area contributed by atoms with Crippen LogP contribution in [-0.4, -0.2) is 44.8 Å². The van der Waals surface area contributed by atoms with Crippen LogP contribution in [0.3, 0.4) is 0 Å². The number of carboxylic acid groups (broad SMARTS) is 1. The lowest BCUT2D eigenvalue weighted by Gasteiger charge is -2.36. The number of rotatable bonds is 3. The highest BCUT2D eigenvalue weighted by Crippen LogP contribution is 2.22. The fourth-order valence-corrected chi connectivity index (χ4v) is 2.81. The molecule has 0 saturated carbocycles. The number of carboxylic acids is 1. The molecule has 1 aliphatic rings. The number of hydrogen-bond donors (Lipinski definition) is 2. The van der Waals surface area contributed by atoms with Crippen LogP contribution in [0.1, 0.15) is 35.3 Å². The Morgan fingerprint density at radius 3 is 3.06 bits per heavy atom. The third kappa shape index (κ3) is 3.24. The van der Waals surface area contributed by atoms with E-state index in [2.05, 4.69) is 9.88 Å². The molecule has 2 N–H and O–H groups in total. The molecule has 0 aliphatic carbocycles. The van der Waals surface area contributed by atoms with E-state index >= 15 is 0 Å². The first-order chi connectivity index (χ1) is 7.96. The van der Waals surface area contributed by atoms with Gasteiger partial charge < -0.3 is 10.2 Å². The normalized spacial score (nSPS) is 26.0. The second-order valence-electron chi connectivity index (χ2n) is 4.76. The van der Waals surface area contributed by atoms with Gasteiger partial charge in [-0.1, -0.05) is 0 Å². The van der Waals surface area contributed by atoms with Crippen LogP contribution in [-0.2, 0) is 6.54 Å². The lowest BCUT2D eigenvalue weighted by Crippen LogP contribution is -2.45. The highest BCUT2D eigenvalue weighted by molar-refractivity contribution is 7.11. The number of carbonyl (C=O) groups is 1. The summed E-state index contributed by atoms with van der Waals surface area (Å²) in [4.78, 5) is 16.9. The van der Waals surface area contributed by atoms with E-state index in [1.165, 1.54) is 0 Å². The van der Waals surface area contributed by atoms with Crippen LogP contribution < -0.4 is 0 Å². The lowest BCUT2D eigenvalue weighted by molar-refractivity contribution is -0.0184. The van der Waals surface area contributed by atoms with Crippen LogP contribution in [0, 0.1) is 0 Å². The minimum Gasteiger partial charge on any atom is -0.476 e. The molecule has 1 fully saturated rings. The topological polar surface area (TPSA) is 73.7 Å². The number of thiazole rings is 1. The van der Waals surface area contributed by atoms with Gasteiger partial charge in [0.05, 0.1) is 11.3 Å². The number of aromatic carboxylic acids is 1. The van der Waals surface area contributed by atoms with Crippen LogP contribution in [0.5, 0.6) is 0 Å². The van der Waals surface area contributed by atoms with Gasteiger partial charge in [0.1, 0.15) is 0 Å². The molecule has 17 heavy (non-hydrogen) atoms. The van der Waals surface area contributed by atoms with Crippen LogP contribution in [0.15, 0.2) is 5.38 Å². The predicted octanol–water partition coefficient (Wildman–Crippen LogP) is 1.19. The minimum absolute atomic E-state index is 0.128. The van der Waals surface area contributed by atoms with E-state index in [0.29, 0.717) is 13.1 Å². The zero-order chi connectivity index (χ0) is 12.5. The number of β-amino-alcohol motifs (C(OH)–C–C–N with tert-alkyl or cyclic N) is 1. The van der Waals surface area contributed by atoms with Gasteiger partial charge in [0.2, 0.25) is 5.01 Å². The quantitative estimate of drug-likeness (QED) is 0.849. The number of piperidine rings is 1. The Kier molecular flexibility index (Phi) is 3.46.